The van der Waals surface area contributed by atoms with Crippen LogP contribution in [0.25, 0.3) is 0 Å². The Bertz CT molecular complexity index is 1030. The molecule has 1 saturated heterocycles. The predicted molar refractivity (Wildman–Crippen MR) is 115 cm³/mol. The van der Waals surface area contributed by atoms with Gasteiger partial charge in [-0.1, -0.05) is 29.8 Å². The lowest BCUT2D eigenvalue weighted by atomic mass is 9.82. The highest BCUT2D eigenvalue weighted by Gasteiger charge is 2.42. The van der Waals surface area contributed by atoms with Crippen LogP contribution < -0.4 is 5.32 Å². The van der Waals surface area contributed by atoms with Gasteiger partial charge >= 0.3 is 0 Å². The van der Waals surface area contributed by atoms with Crippen LogP contribution in [0.15, 0.2) is 41.3 Å². The Hall–Kier alpha value is -2.25. The number of halogens is 1. The van der Waals surface area contributed by atoms with Gasteiger partial charge in [-0.05, 0) is 69.4 Å². The molecule has 1 aliphatic rings. The lowest BCUT2D eigenvalue weighted by Crippen LogP contribution is -2.51. The minimum atomic E-state index is -3.70. The summed E-state index contributed by atoms with van der Waals surface area (Å²) in [5, 5.41) is 2.89. The molecule has 1 atom stereocenters. The maximum Gasteiger partial charge on any atom is 0.243 e. The second-order valence-electron chi connectivity index (χ2n) is 8.54. The van der Waals surface area contributed by atoms with E-state index in [2.05, 4.69) is 5.32 Å². The number of benzene rings is 2. The molecule has 1 amide bonds. The van der Waals surface area contributed by atoms with Gasteiger partial charge in [0.25, 0.3) is 0 Å². The molecular formula is C23H29FN2O3S. The summed E-state index contributed by atoms with van der Waals surface area (Å²) in [6, 6.07) is 9.70. The van der Waals surface area contributed by atoms with E-state index < -0.39 is 15.4 Å². The number of carbonyl (C=O) groups is 1. The Balaban J connectivity index is 1.78. The fourth-order valence-electron chi connectivity index (χ4n) is 4.28. The van der Waals surface area contributed by atoms with Gasteiger partial charge < -0.3 is 5.32 Å². The zero-order valence-electron chi connectivity index (χ0n) is 18.0. The molecule has 0 saturated carbocycles. The standard InChI is InChI=1S/C23H29FN2O3S/c1-16-12-17(2)21(18(3)13-16)30(28,29)26-11-5-10-23(4,15-26)22(27)25-14-19-6-8-20(24)9-7-19/h6-9,12-13H,5,10-11,14-15H2,1-4H3,(H,25,27). The van der Waals surface area contributed by atoms with Gasteiger partial charge in [-0.3, -0.25) is 4.79 Å². The third-order valence-electron chi connectivity index (χ3n) is 5.78. The van der Waals surface area contributed by atoms with Crippen molar-refractivity contribution in [1.82, 2.24) is 9.62 Å². The van der Waals surface area contributed by atoms with Crippen LogP contribution in [-0.4, -0.2) is 31.7 Å². The van der Waals surface area contributed by atoms with Gasteiger partial charge in [0.1, 0.15) is 5.82 Å². The van der Waals surface area contributed by atoms with Gasteiger partial charge in [-0.25, -0.2) is 12.8 Å². The van der Waals surface area contributed by atoms with Crippen LogP contribution in [0.2, 0.25) is 0 Å². The minimum Gasteiger partial charge on any atom is -0.352 e. The van der Waals surface area contributed by atoms with Crippen molar-refractivity contribution in [3.05, 3.63) is 64.5 Å². The zero-order valence-corrected chi connectivity index (χ0v) is 18.8. The molecule has 0 aromatic heterocycles. The average Bonchev–Trinajstić information content (AvgIpc) is 2.66. The van der Waals surface area contributed by atoms with Crippen molar-refractivity contribution in [3.63, 3.8) is 0 Å². The number of hydrogen-bond donors (Lipinski definition) is 1. The van der Waals surface area contributed by atoms with Gasteiger partial charge in [0, 0.05) is 19.6 Å². The highest BCUT2D eigenvalue weighted by atomic mass is 32.2. The molecule has 7 heteroatoms. The molecule has 5 nitrogen and oxygen atoms in total. The van der Waals surface area contributed by atoms with Crippen molar-refractivity contribution in [3.8, 4) is 0 Å². The highest BCUT2D eigenvalue weighted by molar-refractivity contribution is 7.89. The molecule has 1 N–H and O–H groups in total. The summed E-state index contributed by atoms with van der Waals surface area (Å²) in [4.78, 5) is 13.3. The number of piperidine rings is 1. The number of carbonyl (C=O) groups excluding carboxylic acids is 1. The van der Waals surface area contributed by atoms with E-state index in [1.54, 1.807) is 12.1 Å². The first-order valence-electron chi connectivity index (χ1n) is 10.1. The topological polar surface area (TPSA) is 66.5 Å². The molecule has 1 heterocycles. The van der Waals surface area contributed by atoms with Crippen molar-refractivity contribution >= 4 is 15.9 Å². The lowest BCUT2D eigenvalue weighted by Gasteiger charge is -2.39. The fourth-order valence-corrected chi connectivity index (χ4v) is 6.30. The van der Waals surface area contributed by atoms with E-state index in [4.69, 9.17) is 0 Å². The van der Waals surface area contributed by atoms with E-state index in [0.29, 0.717) is 24.3 Å². The van der Waals surface area contributed by atoms with E-state index >= 15 is 0 Å². The van der Waals surface area contributed by atoms with Gasteiger partial charge in [0.15, 0.2) is 0 Å². The lowest BCUT2D eigenvalue weighted by molar-refractivity contribution is -0.132. The molecule has 162 valence electrons. The largest absolute Gasteiger partial charge is 0.352 e. The molecule has 1 unspecified atom stereocenters. The normalized spacial score (nSPS) is 20.2. The number of nitrogens with one attached hydrogen (secondary N) is 1. The molecular weight excluding hydrogens is 403 g/mol. The van der Waals surface area contributed by atoms with Gasteiger partial charge in [0.2, 0.25) is 15.9 Å². The van der Waals surface area contributed by atoms with E-state index in [9.17, 15) is 17.6 Å². The summed E-state index contributed by atoms with van der Waals surface area (Å²) in [6.07, 6.45) is 1.23. The number of rotatable bonds is 5. The second kappa shape index (κ2) is 8.47. The van der Waals surface area contributed by atoms with Crippen LogP contribution in [0, 0.1) is 32.0 Å². The van der Waals surface area contributed by atoms with Crippen LogP contribution in [0.4, 0.5) is 4.39 Å². The first-order chi connectivity index (χ1) is 14.0. The van der Waals surface area contributed by atoms with Crippen LogP contribution in [0.5, 0.6) is 0 Å². The summed E-state index contributed by atoms with van der Waals surface area (Å²) in [7, 11) is -3.70. The molecule has 1 fully saturated rings. The molecule has 3 rings (SSSR count). The molecule has 0 spiro atoms. The third-order valence-corrected chi connectivity index (χ3v) is 7.93. The second-order valence-corrected chi connectivity index (χ2v) is 10.4. The highest BCUT2D eigenvalue weighted by Crippen LogP contribution is 2.34. The van der Waals surface area contributed by atoms with Crippen LogP contribution in [0.3, 0.4) is 0 Å². The van der Waals surface area contributed by atoms with E-state index in [-0.39, 0.29) is 24.8 Å². The van der Waals surface area contributed by atoms with Gasteiger partial charge in [-0.15, -0.1) is 0 Å². The quantitative estimate of drug-likeness (QED) is 0.780. The molecule has 0 radical (unpaired) electrons. The molecule has 1 aliphatic heterocycles. The number of aryl methyl sites for hydroxylation is 3. The summed E-state index contributed by atoms with van der Waals surface area (Å²) in [5.41, 5.74) is 2.44. The number of sulfonamides is 1. The molecule has 2 aromatic carbocycles. The van der Waals surface area contributed by atoms with E-state index in [0.717, 1.165) is 22.3 Å². The van der Waals surface area contributed by atoms with Crippen LogP contribution >= 0.6 is 0 Å². The molecule has 0 aliphatic carbocycles. The summed E-state index contributed by atoms with van der Waals surface area (Å²) < 4.78 is 41.3. The number of amides is 1. The number of nitrogens with zero attached hydrogens (tertiary/aromatic N) is 1. The van der Waals surface area contributed by atoms with Crippen LogP contribution in [0.1, 0.15) is 42.0 Å². The van der Waals surface area contributed by atoms with Crippen molar-refractivity contribution in [2.45, 2.75) is 52.0 Å². The molecule has 30 heavy (non-hydrogen) atoms. The van der Waals surface area contributed by atoms with E-state index in [1.807, 2.05) is 39.8 Å². The summed E-state index contributed by atoms with van der Waals surface area (Å²) in [5.74, 6) is -0.518. The van der Waals surface area contributed by atoms with Crippen molar-refractivity contribution in [1.29, 1.82) is 0 Å². The first kappa shape index (κ1) is 22.4. The smallest absolute Gasteiger partial charge is 0.243 e. The Kier molecular flexibility index (Phi) is 6.34. The minimum absolute atomic E-state index is 0.136. The molecule has 2 aromatic rings. The maximum atomic E-state index is 13.4. The Morgan fingerprint density at radius 3 is 2.33 bits per heavy atom. The Morgan fingerprint density at radius 2 is 1.73 bits per heavy atom. The number of hydrogen-bond acceptors (Lipinski definition) is 3. The first-order valence-corrected chi connectivity index (χ1v) is 11.6. The summed E-state index contributed by atoms with van der Waals surface area (Å²) >= 11 is 0. The summed E-state index contributed by atoms with van der Waals surface area (Å²) in [6.45, 7) is 8.19. The predicted octanol–water partition coefficient (Wildman–Crippen LogP) is 3.86. The average molecular weight is 433 g/mol. The Labute approximate surface area is 178 Å². The van der Waals surface area contributed by atoms with Crippen molar-refractivity contribution in [2.24, 2.45) is 5.41 Å². The third kappa shape index (κ3) is 4.57. The molecule has 0 bridgehead atoms. The monoisotopic (exact) mass is 432 g/mol. The van der Waals surface area contributed by atoms with Crippen molar-refractivity contribution < 1.29 is 17.6 Å². The van der Waals surface area contributed by atoms with Crippen LogP contribution in [-0.2, 0) is 21.4 Å². The van der Waals surface area contributed by atoms with Gasteiger partial charge in [-0.2, -0.15) is 4.31 Å². The maximum absolute atomic E-state index is 13.4. The van der Waals surface area contributed by atoms with Gasteiger partial charge in [0.05, 0.1) is 10.3 Å². The zero-order chi connectivity index (χ0) is 22.1. The Morgan fingerprint density at radius 1 is 1.13 bits per heavy atom. The van der Waals surface area contributed by atoms with E-state index in [1.165, 1.54) is 16.4 Å². The fraction of sp³-hybridized carbons (Fsp3) is 0.435. The SMILES string of the molecule is Cc1cc(C)c(S(=O)(=O)N2CCCC(C)(C(=O)NCc3ccc(F)cc3)C2)c(C)c1. The van der Waals surface area contributed by atoms with Crippen molar-refractivity contribution in [2.75, 3.05) is 13.1 Å².